The Morgan fingerprint density at radius 2 is 1.83 bits per heavy atom. The van der Waals surface area contributed by atoms with Crippen LogP contribution in [-0.2, 0) is 0 Å². The summed E-state index contributed by atoms with van der Waals surface area (Å²) in [5.41, 5.74) is 0. The Hall–Kier alpha value is -0.280. The van der Waals surface area contributed by atoms with Gasteiger partial charge in [0.1, 0.15) is 0 Å². The molecule has 2 fully saturated rings. The van der Waals surface area contributed by atoms with E-state index in [0.29, 0.717) is 6.04 Å². The summed E-state index contributed by atoms with van der Waals surface area (Å²) in [6.45, 7) is 4.08. The number of hydrogen-bond donors (Lipinski definition) is 0. The minimum absolute atomic E-state index is 0.301. The van der Waals surface area contributed by atoms with Crippen molar-refractivity contribution in [2.45, 2.75) is 18.9 Å². The molecule has 0 spiro atoms. The van der Waals surface area contributed by atoms with Crippen molar-refractivity contribution in [2.24, 2.45) is 0 Å². The highest BCUT2D eigenvalue weighted by Crippen LogP contribution is 2.20. The fourth-order valence-corrected chi connectivity index (χ4v) is 2.07. The van der Waals surface area contributed by atoms with Crippen LogP contribution in [0.4, 0.5) is 4.79 Å². The number of likely N-dealkylation sites (tertiary alicyclic amines) is 2. The third-order valence-corrected chi connectivity index (χ3v) is 3.01. The Labute approximate surface area is 77.3 Å². The van der Waals surface area contributed by atoms with E-state index in [1.165, 1.54) is 25.9 Å². The van der Waals surface area contributed by atoms with Gasteiger partial charge in [-0.1, -0.05) is 0 Å². The average molecular weight is 189 g/mol. The van der Waals surface area contributed by atoms with E-state index in [1.54, 1.807) is 4.90 Å². The number of rotatable bonds is 1. The highest BCUT2D eigenvalue weighted by atomic mass is 35.5. The number of amides is 1. The summed E-state index contributed by atoms with van der Waals surface area (Å²) in [4.78, 5) is 14.8. The van der Waals surface area contributed by atoms with Crippen molar-refractivity contribution in [3.63, 3.8) is 0 Å². The maximum absolute atomic E-state index is 10.7. The molecule has 0 aromatic rings. The molecule has 2 aliphatic rings. The first-order chi connectivity index (χ1) is 5.77. The van der Waals surface area contributed by atoms with Gasteiger partial charge in [-0.15, -0.1) is 0 Å². The van der Waals surface area contributed by atoms with Crippen LogP contribution in [0, 0.1) is 0 Å². The molecule has 0 aliphatic carbocycles. The van der Waals surface area contributed by atoms with Crippen molar-refractivity contribution in [3.8, 4) is 0 Å². The molecular formula is C8H13ClN2O. The molecule has 2 rings (SSSR count). The summed E-state index contributed by atoms with van der Waals surface area (Å²) < 4.78 is 0. The quantitative estimate of drug-likeness (QED) is 0.455. The molecule has 1 amide bonds. The summed E-state index contributed by atoms with van der Waals surface area (Å²) in [6, 6.07) is 0.593. The van der Waals surface area contributed by atoms with Gasteiger partial charge >= 0.3 is 5.37 Å². The van der Waals surface area contributed by atoms with Crippen LogP contribution in [-0.4, -0.2) is 47.4 Å². The molecular weight excluding hydrogens is 176 g/mol. The van der Waals surface area contributed by atoms with Gasteiger partial charge in [0.05, 0.1) is 0 Å². The molecule has 12 heavy (non-hydrogen) atoms. The normalized spacial score (nSPS) is 25.9. The Bertz CT molecular complexity index is 185. The Morgan fingerprint density at radius 1 is 1.25 bits per heavy atom. The smallest absolute Gasteiger partial charge is 0.316 e. The molecule has 2 saturated heterocycles. The summed E-state index contributed by atoms with van der Waals surface area (Å²) >= 11 is 5.32. The van der Waals surface area contributed by atoms with E-state index in [2.05, 4.69) is 4.90 Å². The zero-order valence-electron chi connectivity index (χ0n) is 7.00. The van der Waals surface area contributed by atoms with Gasteiger partial charge in [0, 0.05) is 19.1 Å². The molecule has 0 bridgehead atoms. The Morgan fingerprint density at radius 3 is 2.33 bits per heavy atom. The highest BCUT2D eigenvalue weighted by Gasteiger charge is 2.34. The first-order valence-corrected chi connectivity index (χ1v) is 4.83. The van der Waals surface area contributed by atoms with Gasteiger partial charge in [0.2, 0.25) is 0 Å². The number of halogens is 1. The van der Waals surface area contributed by atoms with Crippen molar-refractivity contribution in [2.75, 3.05) is 26.2 Å². The fourth-order valence-electron chi connectivity index (χ4n) is 1.94. The topological polar surface area (TPSA) is 23.6 Å². The van der Waals surface area contributed by atoms with Crippen molar-refractivity contribution < 1.29 is 4.79 Å². The predicted molar refractivity (Wildman–Crippen MR) is 47.4 cm³/mol. The monoisotopic (exact) mass is 188 g/mol. The van der Waals surface area contributed by atoms with Crippen LogP contribution >= 0.6 is 11.6 Å². The zero-order chi connectivity index (χ0) is 8.55. The minimum atomic E-state index is -0.301. The lowest BCUT2D eigenvalue weighted by Gasteiger charge is -2.42. The van der Waals surface area contributed by atoms with Gasteiger partial charge in [0.25, 0.3) is 0 Å². The van der Waals surface area contributed by atoms with Gasteiger partial charge < -0.3 is 4.90 Å². The van der Waals surface area contributed by atoms with Crippen LogP contribution in [0.15, 0.2) is 0 Å². The van der Waals surface area contributed by atoms with Crippen LogP contribution in [0.2, 0.25) is 0 Å². The Kier molecular flexibility index (Phi) is 2.24. The van der Waals surface area contributed by atoms with E-state index in [0.717, 1.165) is 13.1 Å². The third-order valence-electron chi connectivity index (χ3n) is 2.77. The van der Waals surface area contributed by atoms with Crippen LogP contribution in [0.1, 0.15) is 12.8 Å². The largest absolute Gasteiger partial charge is 0.326 e. The van der Waals surface area contributed by atoms with E-state index in [-0.39, 0.29) is 5.37 Å². The van der Waals surface area contributed by atoms with Crippen molar-refractivity contribution in [1.82, 2.24) is 9.80 Å². The van der Waals surface area contributed by atoms with Crippen molar-refractivity contribution in [3.05, 3.63) is 0 Å². The first-order valence-electron chi connectivity index (χ1n) is 4.46. The van der Waals surface area contributed by atoms with Gasteiger partial charge in [0.15, 0.2) is 0 Å². The van der Waals surface area contributed by atoms with Crippen LogP contribution in [0.3, 0.4) is 0 Å². The van der Waals surface area contributed by atoms with Crippen molar-refractivity contribution in [1.29, 1.82) is 0 Å². The molecule has 0 saturated carbocycles. The van der Waals surface area contributed by atoms with Crippen LogP contribution < -0.4 is 0 Å². The average Bonchev–Trinajstić information content (AvgIpc) is 2.34. The van der Waals surface area contributed by atoms with Gasteiger partial charge in [-0.25, -0.2) is 0 Å². The van der Waals surface area contributed by atoms with E-state index in [1.807, 2.05) is 0 Å². The second-order valence-electron chi connectivity index (χ2n) is 3.55. The lowest BCUT2D eigenvalue weighted by molar-refractivity contribution is 0.0821. The number of carbonyl (C=O) groups is 1. The summed E-state index contributed by atoms with van der Waals surface area (Å²) in [5.74, 6) is 0. The molecule has 0 aromatic carbocycles. The summed E-state index contributed by atoms with van der Waals surface area (Å²) in [6.07, 6.45) is 2.62. The van der Waals surface area contributed by atoms with E-state index >= 15 is 0 Å². The van der Waals surface area contributed by atoms with Crippen LogP contribution in [0.25, 0.3) is 0 Å². The molecule has 68 valence electrons. The maximum Gasteiger partial charge on any atom is 0.316 e. The first kappa shape index (κ1) is 8.32. The number of carbonyl (C=O) groups excluding carboxylic acids is 1. The number of nitrogens with zero attached hydrogens (tertiary/aromatic N) is 2. The molecule has 0 atom stereocenters. The molecule has 2 aliphatic heterocycles. The number of hydrogen-bond acceptors (Lipinski definition) is 2. The zero-order valence-corrected chi connectivity index (χ0v) is 7.76. The summed E-state index contributed by atoms with van der Waals surface area (Å²) in [7, 11) is 0. The SMILES string of the molecule is O=C(Cl)N1CC(N2CCCC2)C1. The molecule has 3 nitrogen and oxygen atoms in total. The molecule has 0 radical (unpaired) electrons. The molecule has 4 heteroatoms. The predicted octanol–water partition coefficient (Wildman–Crippen LogP) is 1.13. The standard InChI is InChI=1S/C8H13ClN2O/c9-8(12)11-5-7(6-11)10-3-1-2-4-10/h7H,1-6H2. The van der Waals surface area contributed by atoms with E-state index < -0.39 is 0 Å². The van der Waals surface area contributed by atoms with E-state index in [4.69, 9.17) is 11.6 Å². The van der Waals surface area contributed by atoms with Gasteiger partial charge in [-0.2, -0.15) is 0 Å². The maximum atomic E-state index is 10.7. The van der Waals surface area contributed by atoms with Gasteiger partial charge in [-0.05, 0) is 37.5 Å². The minimum Gasteiger partial charge on any atom is -0.326 e. The van der Waals surface area contributed by atoms with Crippen LogP contribution in [0.5, 0.6) is 0 Å². The molecule has 0 N–H and O–H groups in total. The highest BCUT2D eigenvalue weighted by molar-refractivity contribution is 6.62. The lowest BCUT2D eigenvalue weighted by atomic mass is 10.1. The molecule has 2 heterocycles. The summed E-state index contributed by atoms with van der Waals surface area (Å²) in [5, 5.41) is -0.301. The third kappa shape index (κ3) is 1.43. The van der Waals surface area contributed by atoms with E-state index in [9.17, 15) is 4.79 Å². The molecule has 0 unspecified atom stereocenters. The van der Waals surface area contributed by atoms with Crippen molar-refractivity contribution >= 4 is 17.0 Å². The second-order valence-corrected chi connectivity index (χ2v) is 3.88. The molecule has 0 aromatic heterocycles. The lowest BCUT2D eigenvalue weighted by Crippen LogP contribution is -2.59. The second kappa shape index (κ2) is 3.23. The Balaban J connectivity index is 1.77. The van der Waals surface area contributed by atoms with Gasteiger partial charge in [-0.3, -0.25) is 9.69 Å². The fraction of sp³-hybridized carbons (Fsp3) is 0.875.